The summed E-state index contributed by atoms with van der Waals surface area (Å²) in [6.45, 7) is 1.31. The van der Waals surface area contributed by atoms with Crippen LogP contribution < -0.4 is 16.0 Å². The van der Waals surface area contributed by atoms with E-state index >= 15 is 0 Å². The molecule has 0 aliphatic carbocycles. The molecule has 8 nitrogen and oxygen atoms in total. The summed E-state index contributed by atoms with van der Waals surface area (Å²) < 4.78 is 0. The summed E-state index contributed by atoms with van der Waals surface area (Å²) in [5.74, 6) is -1.97. The van der Waals surface area contributed by atoms with Crippen LogP contribution in [0, 0.1) is 0 Å². The zero-order chi connectivity index (χ0) is 22.7. The third-order valence-corrected chi connectivity index (χ3v) is 5.87. The van der Waals surface area contributed by atoms with Crippen molar-refractivity contribution >= 4 is 23.6 Å². The van der Waals surface area contributed by atoms with Crippen molar-refractivity contribution in [2.24, 2.45) is 0 Å². The van der Waals surface area contributed by atoms with Gasteiger partial charge in [0, 0.05) is 25.6 Å². The number of likely N-dealkylation sites (N-methyl/N-ethyl adjacent to an activating group) is 1. The molecule has 2 aliphatic rings. The fraction of sp³-hybridized carbons (Fsp3) is 0.333. The minimum atomic E-state index is -0.951. The number of carbonyl (C=O) groups excluding carboxylic acids is 4. The Kier molecular flexibility index (Phi) is 6.43. The average molecular weight is 434 g/mol. The molecule has 0 radical (unpaired) electrons. The second kappa shape index (κ2) is 9.42. The van der Waals surface area contributed by atoms with Gasteiger partial charge in [-0.1, -0.05) is 36.4 Å². The molecular weight excluding hydrogens is 408 g/mol. The molecule has 32 heavy (non-hydrogen) atoms. The number of nitrogens with one attached hydrogen (secondary N) is 3. The minimum Gasteiger partial charge on any atom is -0.318 e. The molecule has 2 unspecified atom stereocenters. The molecule has 2 aromatic carbocycles. The van der Waals surface area contributed by atoms with E-state index in [-0.39, 0.29) is 24.8 Å². The molecule has 2 atom stereocenters. The highest BCUT2D eigenvalue weighted by molar-refractivity contribution is 6.23. The monoisotopic (exact) mass is 434 g/mol. The lowest BCUT2D eigenvalue weighted by Gasteiger charge is -2.27. The SMILES string of the molecule is CNCC(Cc1ccccc1)NCc1ccc2c(c1)C(=O)N(C1CCC(=O)NC1=O)C2=O. The Balaban J connectivity index is 1.46. The molecule has 1 fully saturated rings. The van der Waals surface area contributed by atoms with E-state index in [0.29, 0.717) is 17.7 Å². The lowest BCUT2D eigenvalue weighted by molar-refractivity contribution is -0.136. The number of carbonyl (C=O) groups is 4. The van der Waals surface area contributed by atoms with Crippen molar-refractivity contribution in [1.82, 2.24) is 20.9 Å². The van der Waals surface area contributed by atoms with Crippen LogP contribution in [0.1, 0.15) is 44.7 Å². The maximum atomic E-state index is 13.0. The zero-order valence-corrected chi connectivity index (χ0v) is 17.9. The normalized spacial score (nSPS) is 19.2. The predicted octanol–water partition coefficient (Wildman–Crippen LogP) is 1.01. The van der Waals surface area contributed by atoms with Crippen molar-refractivity contribution in [2.45, 2.75) is 37.9 Å². The molecule has 0 saturated carbocycles. The smallest absolute Gasteiger partial charge is 0.262 e. The average Bonchev–Trinajstić information content (AvgIpc) is 3.03. The first-order valence-electron chi connectivity index (χ1n) is 10.7. The standard InChI is InChI=1S/C24H26N4O4/c1-25-14-17(11-15-5-3-2-4-6-15)26-13-16-7-8-18-19(12-16)24(32)28(23(18)31)20-9-10-21(29)27-22(20)30/h2-8,12,17,20,25-26H,9-11,13-14H2,1H3,(H,27,29,30). The summed E-state index contributed by atoms with van der Waals surface area (Å²) in [4.78, 5) is 50.4. The van der Waals surface area contributed by atoms with Gasteiger partial charge in [0.15, 0.2) is 0 Å². The molecule has 1 saturated heterocycles. The van der Waals surface area contributed by atoms with E-state index in [1.807, 2.05) is 31.3 Å². The van der Waals surface area contributed by atoms with Crippen molar-refractivity contribution in [3.05, 3.63) is 70.8 Å². The van der Waals surface area contributed by atoms with Crippen LogP contribution in [0.2, 0.25) is 0 Å². The molecular formula is C24H26N4O4. The third kappa shape index (κ3) is 4.46. The van der Waals surface area contributed by atoms with E-state index in [0.717, 1.165) is 23.4 Å². The largest absolute Gasteiger partial charge is 0.318 e. The van der Waals surface area contributed by atoms with Gasteiger partial charge >= 0.3 is 0 Å². The molecule has 8 heteroatoms. The van der Waals surface area contributed by atoms with Crippen LogP contribution >= 0.6 is 0 Å². The summed E-state index contributed by atoms with van der Waals surface area (Å²) in [6.07, 6.45) is 1.11. The quantitative estimate of drug-likeness (QED) is 0.536. The second-order valence-corrected chi connectivity index (χ2v) is 8.15. The fourth-order valence-corrected chi connectivity index (χ4v) is 4.25. The molecule has 3 N–H and O–H groups in total. The van der Waals surface area contributed by atoms with Crippen molar-refractivity contribution in [3.8, 4) is 0 Å². The number of nitrogens with zero attached hydrogens (tertiary/aromatic N) is 1. The third-order valence-electron chi connectivity index (χ3n) is 5.87. The molecule has 0 aromatic heterocycles. The van der Waals surface area contributed by atoms with Crippen LogP contribution in [0.3, 0.4) is 0 Å². The van der Waals surface area contributed by atoms with Gasteiger partial charge in [0.05, 0.1) is 11.1 Å². The summed E-state index contributed by atoms with van der Waals surface area (Å²) in [5.41, 5.74) is 2.70. The number of amides is 4. The van der Waals surface area contributed by atoms with Gasteiger partial charge in [-0.05, 0) is 43.1 Å². The van der Waals surface area contributed by atoms with E-state index in [2.05, 4.69) is 28.1 Å². The summed E-state index contributed by atoms with van der Waals surface area (Å²) in [6, 6.07) is 14.6. The topological polar surface area (TPSA) is 108 Å². The van der Waals surface area contributed by atoms with Crippen LogP contribution in [0.15, 0.2) is 48.5 Å². The number of piperidine rings is 1. The lowest BCUT2D eigenvalue weighted by atomic mass is 10.0. The fourth-order valence-electron chi connectivity index (χ4n) is 4.25. The van der Waals surface area contributed by atoms with E-state index in [1.165, 1.54) is 5.56 Å². The van der Waals surface area contributed by atoms with Gasteiger partial charge in [-0.15, -0.1) is 0 Å². The van der Waals surface area contributed by atoms with E-state index in [9.17, 15) is 19.2 Å². The Morgan fingerprint density at radius 1 is 1.00 bits per heavy atom. The van der Waals surface area contributed by atoms with Gasteiger partial charge < -0.3 is 10.6 Å². The number of hydrogen-bond acceptors (Lipinski definition) is 6. The molecule has 4 amide bonds. The Labute approximate surface area is 186 Å². The number of benzene rings is 2. The highest BCUT2D eigenvalue weighted by Gasteiger charge is 2.44. The second-order valence-electron chi connectivity index (χ2n) is 8.15. The number of hydrogen-bond donors (Lipinski definition) is 3. The Bertz CT molecular complexity index is 1050. The summed E-state index contributed by atoms with van der Waals surface area (Å²) in [7, 11) is 1.91. The van der Waals surface area contributed by atoms with Gasteiger partial charge in [-0.2, -0.15) is 0 Å². The van der Waals surface area contributed by atoms with Crippen molar-refractivity contribution in [1.29, 1.82) is 0 Å². The highest BCUT2D eigenvalue weighted by Crippen LogP contribution is 2.28. The van der Waals surface area contributed by atoms with Crippen LogP contribution in [0.5, 0.6) is 0 Å². The Hall–Kier alpha value is -3.36. The molecule has 2 heterocycles. The summed E-state index contributed by atoms with van der Waals surface area (Å²) in [5, 5.41) is 8.92. The maximum absolute atomic E-state index is 13.0. The van der Waals surface area contributed by atoms with Crippen LogP contribution in [0.25, 0.3) is 0 Å². The zero-order valence-electron chi connectivity index (χ0n) is 17.9. The van der Waals surface area contributed by atoms with Crippen LogP contribution in [-0.4, -0.2) is 54.2 Å². The predicted molar refractivity (Wildman–Crippen MR) is 118 cm³/mol. The van der Waals surface area contributed by atoms with Gasteiger partial charge in [-0.25, -0.2) is 0 Å². The van der Waals surface area contributed by atoms with Gasteiger partial charge in [0.2, 0.25) is 11.8 Å². The van der Waals surface area contributed by atoms with Crippen LogP contribution in [-0.2, 0) is 22.6 Å². The molecule has 2 aromatic rings. The Morgan fingerprint density at radius 3 is 2.47 bits per heavy atom. The maximum Gasteiger partial charge on any atom is 0.262 e. The molecule has 2 aliphatic heterocycles. The van der Waals surface area contributed by atoms with E-state index in [1.54, 1.807) is 12.1 Å². The van der Waals surface area contributed by atoms with Crippen molar-refractivity contribution < 1.29 is 19.2 Å². The first-order valence-corrected chi connectivity index (χ1v) is 10.7. The van der Waals surface area contributed by atoms with Crippen LogP contribution in [0.4, 0.5) is 0 Å². The molecule has 0 bridgehead atoms. The first kappa shape index (κ1) is 21.9. The van der Waals surface area contributed by atoms with E-state index < -0.39 is 23.8 Å². The number of fused-ring (bicyclic) bond motifs is 1. The van der Waals surface area contributed by atoms with Gasteiger partial charge in [0.25, 0.3) is 11.8 Å². The number of rotatable bonds is 8. The van der Waals surface area contributed by atoms with Crippen molar-refractivity contribution in [2.75, 3.05) is 13.6 Å². The minimum absolute atomic E-state index is 0.104. The highest BCUT2D eigenvalue weighted by atomic mass is 16.2. The summed E-state index contributed by atoms with van der Waals surface area (Å²) >= 11 is 0. The first-order chi connectivity index (χ1) is 15.5. The van der Waals surface area contributed by atoms with E-state index in [4.69, 9.17) is 0 Å². The van der Waals surface area contributed by atoms with Gasteiger partial charge in [-0.3, -0.25) is 29.4 Å². The molecule has 4 rings (SSSR count). The van der Waals surface area contributed by atoms with Crippen molar-refractivity contribution in [3.63, 3.8) is 0 Å². The van der Waals surface area contributed by atoms with Gasteiger partial charge in [0.1, 0.15) is 6.04 Å². The number of imide groups is 2. The molecule has 166 valence electrons. The Morgan fingerprint density at radius 2 is 1.75 bits per heavy atom. The lowest BCUT2D eigenvalue weighted by Crippen LogP contribution is -2.54. The molecule has 0 spiro atoms.